The lowest BCUT2D eigenvalue weighted by Crippen LogP contribution is -2.63. The van der Waals surface area contributed by atoms with E-state index in [-0.39, 0.29) is 48.8 Å². The molecule has 13 heteroatoms. The van der Waals surface area contributed by atoms with E-state index in [2.05, 4.69) is 5.32 Å². The number of carbonyl (C=O) groups is 5. The van der Waals surface area contributed by atoms with Gasteiger partial charge >= 0.3 is 18.2 Å². The Morgan fingerprint density at radius 2 is 1.59 bits per heavy atom. The fraction of sp³-hybridized carbons (Fsp3) is 0.577. The van der Waals surface area contributed by atoms with Crippen LogP contribution in [0.1, 0.15) is 37.6 Å². The molecular weight excluding hydrogens is 508 g/mol. The van der Waals surface area contributed by atoms with Gasteiger partial charge < -0.3 is 29.4 Å². The van der Waals surface area contributed by atoms with Crippen LogP contribution in [0.25, 0.3) is 0 Å². The summed E-state index contributed by atoms with van der Waals surface area (Å²) in [6.07, 6.45) is -0.837. The fourth-order valence-corrected chi connectivity index (χ4v) is 5.24. The van der Waals surface area contributed by atoms with Gasteiger partial charge in [-0.2, -0.15) is 0 Å². The molecule has 2 N–H and O–H groups in total. The first-order valence-electron chi connectivity index (χ1n) is 13.0. The summed E-state index contributed by atoms with van der Waals surface area (Å²) in [5.41, 5.74) is 0.438. The number of ether oxygens (including phenoxy) is 1. The first-order chi connectivity index (χ1) is 18.4. The summed E-state index contributed by atoms with van der Waals surface area (Å²) in [5.74, 6) is -0.182. The lowest BCUT2D eigenvalue weighted by atomic mass is 9.84. The highest BCUT2D eigenvalue weighted by atomic mass is 16.5. The smallest absolute Gasteiger partial charge is 0.407 e. The zero-order valence-corrected chi connectivity index (χ0v) is 22.8. The lowest BCUT2D eigenvalue weighted by Gasteiger charge is -2.47. The molecule has 0 bridgehead atoms. The number of carboxylic acid groups (broad SMARTS) is 1. The minimum atomic E-state index is -0.981. The number of imide groups is 1. The minimum absolute atomic E-state index is 0.144. The van der Waals surface area contributed by atoms with Crippen molar-refractivity contribution in [1.29, 1.82) is 0 Å². The number of hydrogen-bond acceptors (Lipinski definition) is 6. The third-order valence-corrected chi connectivity index (χ3v) is 7.50. The lowest BCUT2D eigenvalue weighted by molar-refractivity contribution is -0.120. The average Bonchev–Trinajstić information content (AvgIpc) is 2.91. The van der Waals surface area contributed by atoms with Crippen LogP contribution in [0.4, 0.5) is 20.1 Å². The van der Waals surface area contributed by atoms with Gasteiger partial charge in [0.1, 0.15) is 5.75 Å². The molecule has 212 valence electrons. The van der Waals surface area contributed by atoms with Crippen LogP contribution < -0.4 is 15.0 Å². The van der Waals surface area contributed by atoms with Crippen LogP contribution in [0, 0.1) is 5.41 Å². The van der Waals surface area contributed by atoms with Gasteiger partial charge in [-0.1, -0.05) is 20.8 Å². The summed E-state index contributed by atoms with van der Waals surface area (Å²) in [5, 5.41) is 11.9. The molecule has 3 aliphatic rings. The zero-order chi connectivity index (χ0) is 28.5. The molecule has 1 atom stereocenters. The van der Waals surface area contributed by atoms with Gasteiger partial charge in [0, 0.05) is 64.3 Å². The van der Waals surface area contributed by atoms with E-state index in [1.54, 1.807) is 32.9 Å². The molecule has 0 aromatic heterocycles. The summed E-state index contributed by atoms with van der Waals surface area (Å²) in [7, 11) is 1.47. The highest BCUT2D eigenvalue weighted by molar-refractivity contribution is 6.07. The number of methoxy groups -OCH3 is 1. The second-order valence-corrected chi connectivity index (χ2v) is 11.0. The minimum Gasteiger partial charge on any atom is -0.495 e. The highest BCUT2D eigenvalue weighted by Crippen LogP contribution is 2.32. The van der Waals surface area contributed by atoms with Crippen molar-refractivity contribution in [2.45, 2.75) is 33.2 Å². The fourth-order valence-electron chi connectivity index (χ4n) is 5.24. The van der Waals surface area contributed by atoms with Gasteiger partial charge in [-0.25, -0.2) is 14.4 Å². The first-order valence-corrected chi connectivity index (χ1v) is 13.0. The van der Waals surface area contributed by atoms with E-state index in [9.17, 15) is 29.1 Å². The number of benzene rings is 1. The number of carbonyl (C=O) groups excluding carboxylic acids is 4. The maximum Gasteiger partial charge on any atom is 0.407 e. The number of urea groups is 2. The predicted molar refractivity (Wildman–Crippen MR) is 141 cm³/mol. The Labute approximate surface area is 227 Å². The first kappa shape index (κ1) is 28.0. The molecular formula is C26H36N6O7. The summed E-state index contributed by atoms with van der Waals surface area (Å²) in [4.78, 5) is 70.1. The number of anilines is 1. The summed E-state index contributed by atoms with van der Waals surface area (Å²) >= 11 is 0. The standard InChI is InChI=1S/C26H36N6O7/c1-26(2,3)20-16-30(13-14-32(20)25(37)38)24(36)29-11-9-28(10-12-29)22(34)17-5-6-19(39-4)18(15-17)31-8-7-21(33)27-23(31)35/h5-6,15,20H,7-14,16H2,1-4H3,(H,37,38)(H,27,33,35). The number of hydrogen-bond donors (Lipinski definition) is 2. The van der Waals surface area contributed by atoms with Crippen LogP contribution in [0.5, 0.6) is 5.75 Å². The van der Waals surface area contributed by atoms with Crippen molar-refractivity contribution >= 4 is 35.7 Å². The molecule has 0 aliphatic carbocycles. The van der Waals surface area contributed by atoms with Gasteiger partial charge in [-0.3, -0.25) is 19.8 Å². The van der Waals surface area contributed by atoms with Gasteiger partial charge in [0.25, 0.3) is 5.91 Å². The van der Waals surface area contributed by atoms with Crippen LogP contribution in [-0.2, 0) is 4.79 Å². The molecule has 3 aliphatic heterocycles. The number of piperazine rings is 2. The van der Waals surface area contributed by atoms with E-state index >= 15 is 0 Å². The molecule has 0 spiro atoms. The maximum absolute atomic E-state index is 13.3. The molecule has 3 fully saturated rings. The van der Waals surface area contributed by atoms with Gasteiger partial charge in [-0.05, 0) is 23.6 Å². The Morgan fingerprint density at radius 3 is 2.18 bits per heavy atom. The number of rotatable bonds is 3. The number of nitrogens with one attached hydrogen (secondary N) is 1. The predicted octanol–water partition coefficient (Wildman–Crippen LogP) is 1.73. The highest BCUT2D eigenvalue weighted by Gasteiger charge is 2.40. The van der Waals surface area contributed by atoms with E-state index in [1.807, 2.05) is 20.8 Å². The summed E-state index contributed by atoms with van der Waals surface area (Å²) in [6.45, 7) is 8.34. The van der Waals surface area contributed by atoms with Gasteiger partial charge in [0.05, 0.1) is 18.8 Å². The van der Waals surface area contributed by atoms with Crippen LogP contribution in [-0.4, -0.2) is 120 Å². The van der Waals surface area contributed by atoms with Crippen molar-refractivity contribution in [3.8, 4) is 5.75 Å². The Bertz CT molecular complexity index is 1160. The third-order valence-electron chi connectivity index (χ3n) is 7.50. The molecule has 1 unspecified atom stereocenters. The van der Waals surface area contributed by atoms with Crippen molar-refractivity contribution in [3.05, 3.63) is 23.8 Å². The van der Waals surface area contributed by atoms with Gasteiger partial charge in [-0.15, -0.1) is 0 Å². The van der Waals surface area contributed by atoms with Crippen molar-refractivity contribution in [3.63, 3.8) is 0 Å². The molecule has 13 nitrogen and oxygen atoms in total. The van der Waals surface area contributed by atoms with Crippen molar-refractivity contribution in [2.75, 3.05) is 64.4 Å². The SMILES string of the molecule is COc1ccc(C(=O)N2CCN(C(=O)N3CCN(C(=O)O)C(C(C)(C)C)C3)CC2)cc1N1CCC(=O)NC1=O. The number of nitrogens with zero attached hydrogens (tertiary/aromatic N) is 5. The molecule has 3 heterocycles. The average molecular weight is 545 g/mol. The van der Waals surface area contributed by atoms with Crippen LogP contribution in [0.15, 0.2) is 18.2 Å². The maximum atomic E-state index is 13.3. The Kier molecular flexibility index (Phi) is 7.89. The molecule has 7 amide bonds. The monoisotopic (exact) mass is 544 g/mol. The zero-order valence-electron chi connectivity index (χ0n) is 22.8. The molecule has 3 saturated heterocycles. The van der Waals surface area contributed by atoms with Gasteiger partial charge in [0.15, 0.2) is 0 Å². The van der Waals surface area contributed by atoms with E-state index in [1.165, 1.54) is 16.9 Å². The molecule has 39 heavy (non-hydrogen) atoms. The second kappa shape index (κ2) is 11.0. The molecule has 1 aromatic rings. The number of amides is 7. The van der Waals surface area contributed by atoms with Crippen LogP contribution in [0.2, 0.25) is 0 Å². The Morgan fingerprint density at radius 1 is 0.949 bits per heavy atom. The molecule has 0 radical (unpaired) electrons. The van der Waals surface area contributed by atoms with E-state index in [4.69, 9.17) is 4.74 Å². The largest absolute Gasteiger partial charge is 0.495 e. The van der Waals surface area contributed by atoms with Crippen LogP contribution >= 0.6 is 0 Å². The van der Waals surface area contributed by atoms with Crippen molar-refractivity contribution < 1.29 is 33.8 Å². The molecule has 1 aromatic carbocycles. The third kappa shape index (κ3) is 5.86. The Balaban J connectivity index is 1.40. The summed E-state index contributed by atoms with van der Waals surface area (Å²) in [6, 6.07) is 3.79. The van der Waals surface area contributed by atoms with Crippen molar-refractivity contribution in [1.82, 2.24) is 24.9 Å². The quantitative estimate of drug-likeness (QED) is 0.590. The van der Waals surface area contributed by atoms with E-state index < -0.39 is 12.1 Å². The topological polar surface area (TPSA) is 143 Å². The van der Waals surface area contributed by atoms with Gasteiger partial charge in [0.2, 0.25) is 5.91 Å². The molecule has 4 rings (SSSR count). The summed E-state index contributed by atoms with van der Waals surface area (Å²) < 4.78 is 5.38. The van der Waals surface area contributed by atoms with E-state index in [0.29, 0.717) is 56.3 Å². The normalized spacial score (nSPS) is 20.6. The van der Waals surface area contributed by atoms with E-state index in [0.717, 1.165) is 0 Å². The van der Waals surface area contributed by atoms with Crippen LogP contribution in [0.3, 0.4) is 0 Å². The Hall–Kier alpha value is -4.03. The van der Waals surface area contributed by atoms with Crippen molar-refractivity contribution in [2.24, 2.45) is 5.41 Å². The molecule has 0 saturated carbocycles. The second-order valence-electron chi connectivity index (χ2n) is 11.0.